The van der Waals surface area contributed by atoms with E-state index in [1.165, 1.54) is 5.56 Å². The quantitative estimate of drug-likeness (QED) is 0.714. The van der Waals surface area contributed by atoms with Gasteiger partial charge in [0.05, 0.1) is 0 Å². The van der Waals surface area contributed by atoms with Crippen molar-refractivity contribution in [2.45, 2.75) is 6.92 Å². The van der Waals surface area contributed by atoms with Crippen molar-refractivity contribution in [3.8, 4) is 5.75 Å². The normalized spacial score (nSPS) is 9.38. The summed E-state index contributed by atoms with van der Waals surface area (Å²) >= 11 is 0. The van der Waals surface area contributed by atoms with E-state index in [0.29, 0.717) is 6.61 Å². The van der Waals surface area contributed by atoms with Crippen LogP contribution in [0.25, 0.3) is 0 Å². The second kappa shape index (κ2) is 4.55. The average molecular weight is 177 g/mol. The highest BCUT2D eigenvalue weighted by molar-refractivity contribution is 5.53. The molecule has 0 saturated heterocycles. The molecule has 0 amide bonds. The van der Waals surface area contributed by atoms with E-state index in [2.05, 4.69) is 11.9 Å². The molecule has 70 valence electrons. The van der Waals surface area contributed by atoms with E-state index >= 15 is 0 Å². The van der Waals surface area contributed by atoms with Crippen molar-refractivity contribution in [2.24, 2.45) is 0 Å². The zero-order valence-corrected chi connectivity index (χ0v) is 8.13. The Bertz CT molecular complexity index is 294. The zero-order valence-electron chi connectivity index (χ0n) is 8.13. The lowest BCUT2D eigenvalue weighted by Crippen LogP contribution is -1.95. The van der Waals surface area contributed by atoms with Gasteiger partial charge < -0.3 is 10.1 Å². The summed E-state index contributed by atoms with van der Waals surface area (Å²) in [5.41, 5.74) is 2.31. The molecular weight excluding hydrogens is 162 g/mol. The van der Waals surface area contributed by atoms with Crippen molar-refractivity contribution in [3.05, 3.63) is 36.4 Å². The van der Waals surface area contributed by atoms with Crippen molar-refractivity contribution in [1.82, 2.24) is 0 Å². The lowest BCUT2D eigenvalue weighted by Gasteiger charge is -2.08. The molecule has 0 aliphatic heterocycles. The summed E-state index contributed by atoms with van der Waals surface area (Å²) in [7, 11) is 1.91. The number of rotatable bonds is 4. The Hall–Kier alpha value is -1.44. The first-order chi connectivity index (χ1) is 6.27. The van der Waals surface area contributed by atoms with E-state index in [4.69, 9.17) is 4.74 Å². The smallest absolute Gasteiger partial charge is 0.120 e. The van der Waals surface area contributed by atoms with Crippen LogP contribution in [0.4, 0.5) is 5.69 Å². The molecule has 0 spiro atoms. The summed E-state index contributed by atoms with van der Waals surface area (Å²) in [6, 6.07) is 5.96. The third kappa shape index (κ3) is 2.51. The maximum atomic E-state index is 5.39. The highest BCUT2D eigenvalue weighted by atomic mass is 16.5. The van der Waals surface area contributed by atoms with Gasteiger partial charge in [-0.3, -0.25) is 0 Å². The van der Waals surface area contributed by atoms with Gasteiger partial charge in [-0.2, -0.15) is 0 Å². The first-order valence-corrected chi connectivity index (χ1v) is 4.30. The molecule has 0 radical (unpaired) electrons. The molecule has 1 aromatic carbocycles. The van der Waals surface area contributed by atoms with Crippen LogP contribution in [0.15, 0.2) is 30.9 Å². The molecule has 1 rings (SSSR count). The molecule has 0 aliphatic carbocycles. The third-order valence-corrected chi connectivity index (χ3v) is 1.84. The van der Waals surface area contributed by atoms with Crippen molar-refractivity contribution < 1.29 is 4.74 Å². The SMILES string of the molecule is C=CCOc1ccc(NC)c(C)c1. The lowest BCUT2D eigenvalue weighted by atomic mass is 10.2. The highest BCUT2D eigenvalue weighted by Crippen LogP contribution is 2.20. The lowest BCUT2D eigenvalue weighted by molar-refractivity contribution is 0.363. The van der Waals surface area contributed by atoms with Crippen LogP contribution in [-0.2, 0) is 0 Å². The number of anilines is 1. The molecule has 0 fully saturated rings. The fraction of sp³-hybridized carbons (Fsp3) is 0.273. The fourth-order valence-electron chi connectivity index (χ4n) is 1.16. The van der Waals surface area contributed by atoms with Crippen LogP contribution >= 0.6 is 0 Å². The van der Waals surface area contributed by atoms with Gasteiger partial charge in [0, 0.05) is 12.7 Å². The van der Waals surface area contributed by atoms with Crippen molar-refractivity contribution in [1.29, 1.82) is 0 Å². The van der Waals surface area contributed by atoms with E-state index in [-0.39, 0.29) is 0 Å². The summed E-state index contributed by atoms with van der Waals surface area (Å²) in [4.78, 5) is 0. The second-order valence-electron chi connectivity index (χ2n) is 2.83. The molecule has 2 heteroatoms. The Kier molecular flexibility index (Phi) is 3.38. The van der Waals surface area contributed by atoms with E-state index < -0.39 is 0 Å². The summed E-state index contributed by atoms with van der Waals surface area (Å²) < 4.78 is 5.39. The van der Waals surface area contributed by atoms with E-state index in [9.17, 15) is 0 Å². The molecular formula is C11H15NO. The fourth-order valence-corrected chi connectivity index (χ4v) is 1.16. The van der Waals surface area contributed by atoms with Crippen LogP contribution in [0.5, 0.6) is 5.75 Å². The predicted molar refractivity (Wildman–Crippen MR) is 56.4 cm³/mol. The molecule has 0 heterocycles. The van der Waals surface area contributed by atoms with Crippen molar-refractivity contribution >= 4 is 5.69 Å². The van der Waals surface area contributed by atoms with Crippen molar-refractivity contribution in [3.63, 3.8) is 0 Å². The Morgan fingerprint density at radius 3 is 2.85 bits per heavy atom. The molecule has 0 atom stereocenters. The largest absolute Gasteiger partial charge is 0.490 e. The number of aryl methyl sites for hydroxylation is 1. The van der Waals surface area contributed by atoms with Gasteiger partial charge in [-0.05, 0) is 30.7 Å². The van der Waals surface area contributed by atoms with E-state index in [0.717, 1.165) is 11.4 Å². The van der Waals surface area contributed by atoms with Gasteiger partial charge in [0.2, 0.25) is 0 Å². The number of hydrogen-bond acceptors (Lipinski definition) is 2. The number of benzene rings is 1. The van der Waals surface area contributed by atoms with Gasteiger partial charge in [-0.1, -0.05) is 12.7 Å². The first kappa shape index (κ1) is 9.65. The zero-order chi connectivity index (χ0) is 9.68. The van der Waals surface area contributed by atoms with Gasteiger partial charge in [-0.15, -0.1) is 0 Å². The Morgan fingerprint density at radius 2 is 2.31 bits per heavy atom. The Balaban J connectivity index is 2.76. The topological polar surface area (TPSA) is 21.3 Å². The number of nitrogens with one attached hydrogen (secondary N) is 1. The minimum Gasteiger partial charge on any atom is -0.490 e. The van der Waals surface area contributed by atoms with Crippen LogP contribution in [0.1, 0.15) is 5.56 Å². The minimum absolute atomic E-state index is 0.554. The highest BCUT2D eigenvalue weighted by Gasteiger charge is 1.97. The first-order valence-electron chi connectivity index (χ1n) is 4.30. The minimum atomic E-state index is 0.554. The standard InChI is InChI=1S/C11H15NO/c1-4-7-13-10-5-6-11(12-3)9(2)8-10/h4-6,8,12H,1,7H2,2-3H3. The Labute approximate surface area is 79.2 Å². The number of hydrogen-bond donors (Lipinski definition) is 1. The van der Waals surface area contributed by atoms with Gasteiger partial charge in [-0.25, -0.2) is 0 Å². The molecule has 0 saturated carbocycles. The second-order valence-corrected chi connectivity index (χ2v) is 2.83. The van der Waals surface area contributed by atoms with Crippen LogP contribution in [0, 0.1) is 6.92 Å². The van der Waals surface area contributed by atoms with E-state index in [1.54, 1.807) is 6.08 Å². The van der Waals surface area contributed by atoms with Gasteiger partial charge >= 0.3 is 0 Å². The van der Waals surface area contributed by atoms with Crippen LogP contribution in [-0.4, -0.2) is 13.7 Å². The van der Waals surface area contributed by atoms with Crippen LogP contribution < -0.4 is 10.1 Å². The molecule has 0 unspecified atom stereocenters. The van der Waals surface area contributed by atoms with E-state index in [1.807, 2.05) is 32.2 Å². The average Bonchev–Trinajstić information content (AvgIpc) is 2.15. The predicted octanol–water partition coefficient (Wildman–Crippen LogP) is 2.60. The molecule has 13 heavy (non-hydrogen) atoms. The van der Waals surface area contributed by atoms with Crippen LogP contribution in [0.3, 0.4) is 0 Å². The monoisotopic (exact) mass is 177 g/mol. The van der Waals surface area contributed by atoms with Gasteiger partial charge in [0.25, 0.3) is 0 Å². The summed E-state index contributed by atoms with van der Waals surface area (Å²) in [5, 5.41) is 3.10. The molecule has 1 aromatic rings. The molecule has 0 bridgehead atoms. The molecule has 2 nitrogen and oxygen atoms in total. The maximum Gasteiger partial charge on any atom is 0.120 e. The number of ether oxygens (including phenoxy) is 1. The third-order valence-electron chi connectivity index (χ3n) is 1.84. The van der Waals surface area contributed by atoms with Crippen LogP contribution in [0.2, 0.25) is 0 Å². The van der Waals surface area contributed by atoms with Crippen molar-refractivity contribution in [2.75, 3.05) is 19.0 Å². The summed E-state index contributed by atoms with van der Waals surface area (Å²) in [5.74, 6) is 0.886. The Morgan fingerprint density at radius 1 is 1.54 bits per heavy atom. The molecule has 0 aromatic heterocycles. The van der Waals surface area contributed by atoms with Gasteiger partial charge in [0.15, 0.2) is 0 Å². The summed E-state index contributed by atoms with van der Waals surface area (Å²) in [6.45, 7) is 6.20. The molecule has 0 aliphatic rings. The summed E-state index contributed by atoms with van der Waals surface area (Å²) in [6.07, 6.45) is 1.74. The molecule has 1 N–H and O–H groups in total. The van der Waals surface area contributed by atoms with Gasteiger partial charge in [0.1, 0.15) is 12.4 Å². The maximum absolute atomic E-state index is 5.39.